The highest BCUT2D eigenvalue weighted by Gasteiger charge is 2.06. The van der Waals surface area contributed by atoms with Gasteiger partial charge < -0.3 is 15.1 Å². The molecular weight excluding hydrogens is 312 g/mol. The van der Waals surface area contributed by atoms with Gasteiger partial charge in [0.1, 0.15) is 0 Å². The van der Waals surface area contributed by atoms with Crippen LogP contribution in [0, 0.1) is 0 Å². The Morgan fingerprint density at radius 2 is 1.68 bits per heavy atom. The third-order valence-electron chi connectivity index (χ3n) is 3.99. The predicted molar refractivity (Wildman–Crippen MR) is 103 cm³/mol. The number of aliphatic hydroxyl groups excluding tert-OH is 2. The average molecular weight is 339 g/mol. The van der Waals surface area contributed by atoms with E-state index >= 15 is 0 Å². The zero-order chi connectivity index (χ0) is 17.9. The van der Waals surface area contributed by atoms with Gasteiger partial charge in [0.05, 0.1) is 13.2 Å². The van der Waals surface area contributed by atoms with Crippen molar-refractivity contribution < 1.29 is 14.8 Å². The summed E-state index contributed by atoms with van der Waals surface area (Å²) in [7, 11) is 0. The largest absolute Gasteiger partial charge is 0.395 e. The van der Waals surface area contributed by atoms with Crippen molar-refractivity contribution in [2.75, 3.05) is 31.2 Å². The third-order valence-corrected chi connectivity index (χ3v) is 3.99. The summed E-state index contributed by atoms with van der Waals surface area (Å²) in [5.74, 6) is 0. The minimum atomic E-state index is 0.0698. The fourth-order valence-electron chi connectivity index (χ4n) is 2.66. The van der Waals surface area contributed by atoms with E-state index in [-0.39, 0.29) is 13.2 Å². The molecule has 1 aromatic carbocycles. The first-order chi connectivity index (χ1) is 12.3. The number of hydrogen-bond donors (Lipinski definition) is 2. The molecule has 0 aliphatic rings. The summed E-state index contributed by atoms with van der Waals surface area (Å²) in [5, 5.41) is 18.3. The Morgan fingerprint density at radius 1 is 0.960 bits per heavy atom. The number of anilines is 1. The van der Waals surface area contributed by atoms with E-state index in [4.69, 9.17) is 10.2 Å². The lowest BCUT2D eigenvalue weighted by Crippen LogP contribution is -2.36. The molecule has 0 aliphatic heterocycles. The van der Waals surface area contributed by atoms with Crippen molar-refractivity contribution >= 4 is 17.8 Å². The highest BCUT2D eigenvalue weighted by molar-refractivity contribution is 5.68. The summed E-state index contributed by atoms with van der Waals surface area (Å²) in [6.45, 7) is 5.87. The molecule has 2 N–H and O–H groups in total. The molecule has 2 aromatic rings. The van der Waals surface area contributed by atoms with Gasteiger partial charge in [-0.3, -0.25) is 0 Å². The van der Waals surface area contributed by atoms with Gasteiger partial charge in [0.15, 0.2) is 12.7 Å². The summed E-state index contributed by atoms with van der Waals surface area (Å²) in [6.07, 6.45) is 9.14. The van der Waals surface area contributed by atoms with Crippen LogP contribution in [0.2, 0.25) is 0 Å². The van der Waals surface area contributed by atoms with Gasteiger partial charge >= 0.3 is 0 Å². The van der Waals surface area contributed by atoms with Gasteiger partial charge in [-0.05, 0) is 29.8 Å². The SMILES string of the molecule is C=CCC[n+]1ccccc1/C=C/c1ccc(N(CCO)CCO)cc1. The maximum Gasteiger partial charge on any atom is 0.205 e. The Morgan fingerprint density at radius 3 is 2.32 bits per heavy atom. The van der Waals surface area contributed by atoms with Crippen LogP contribution in [0.1, 0.15) is 17.7 Å². The third kappa shape index (κ3) is 5.85. The van der Waals surface area contributed by atoms with Crippen LogP contribution in [0.4, 0.5) is 5.69 Å². The lowest BCUT2D eigenvalue weighted by molar-refractivity contribution is -0.697. The second-order valence-electron chi connectivity index (χ2n) is 5.76. The van der Waals surface area contributed by atoms with Crippen LogP contribution in [-0.2, 0) is 6.54 Å². The molecule has 2 rings (SSSR count). The maximum absolute atomic E-state index is 9.13. The normalized spacial score (nSPS) is 11.0. The van der Waals surface area contributed by atoms with Gasteiger partial charge in [0.25, 0.3) is 0 Å². The van der Waals surface area contributed by atoms with E-state index in [1.165, 1.54) is 0 Å². The fraction of sp³-hybridized carbons (Fsp3) is 0.286. The van der Waals surface area contributed by atoms with Crippen molar-refractivity contribution in [3.63, 3.8) is 0 Å². The number of pyridine rings is 1. The topological polar surface area (TPSA) is 47.6 Å². The van der Waals surface area contributed by atoms with Crippen molar-refractivity contribution in [3.05, 3.63) is 72.6 Å². The number of benzene rings is 1. The van der Waals surface area contributed by atoms with Gasteiger partial charge in [-0.2, -0.15) is 4.57 Å². The Hall–Kier alpha value is -2.43. The monoisotopic (exact) mass is 339 g/mol. The molecule has 25 heavy (non-hydrogen) atoms. The van der Waals surface area contributed by atoms with Gasteiger partial charge in [0.2, 0.25) is 5.69 Å². The van der Waals surface area contributed by atoms with Crippen LogP contribution in [0.5, 0.6) is 0 Å². The van der Waals surface area contributed by atoms with E-state index in [1.54, 1.807) is 0 Å². The van der Waals surface area contributed by atoms with Crippen LogP contribution < -0.4 is 9.47 Å². The van der Waals surface area contributed by atoms with Crippen LogP contribution in [-0.4, -0.2) is 36.5 Å². The Labute approximate surface area is 150 Å². The Kier molecular flexibility index (Phi) is 7.89. The minimum absolute atomic E-state index is 0.0698. The van der Waals surface area contributed by atoms with E-state index in [0.717, 1.165) is 29.9 Å². The first kappa shape index (κ1) is 18.9. The highest BCUT2D eigenvalue weighted by atomic mass is 16.3. The number of allylic oxidation sites excluding steroid dienone is 1. The van der Waals surface area contributed by atoms with E-state index in [0.29, 0.717) is 13.1 Å². The van der Waals surface area contributed by atoms with Crippen molar-refractivity contribution in [2.24, 2.45) is 0 Å². The zero-order valence-electron chi connectivity index (χ0n) is 14.6. The maximum atomic E-state index is 9.13. The van der Waals surface area contributed by atoms with Crippen molar-refractivity contribution in [3.8, 4) is 0 Å². The highest BCUT2D eigenvalue weighted by Crippen LogP contribution is 2.16. The van der Waals surface area contributed by atoms with E-state index in [9.17, 15) is 0 Å². The number of hydrogen-bond acceptors (Lipinski definition) is 3. The molecule has 1 heterocycles. The molecule has 0 aliphatic carbocycles. The van der Waals surface area contributed by atoms with Gasteiger partial charge in [0, 0.05) is 43.4 Å². The molecule has 132 valence electrons. The zero-order valence-corrected chi connectivity index (χ0v) is 14.6. The molecule has 4 nitrogen and oxygen atoms in total. The quantitative estimate of drug-likeness (QED) is 0.516. The Balaban J connectivity index is 2.10. The van der Waals surface area contributed by atoms with Crippen LogP contribution in [0.3, 0.4) is 0 Å². The number of nitrogens with zero attached hydrogens (tertiary/aromatic N) is 2. The molecule has 0 saturated carbocycles. The summed E-state index contributed by atoms with van der Waals surface area (Å²) < 4.78 is 2.21. The average Bonchev–Trinajstić information content (AvgIpc) is 2.65. The predicted octanol–water partition coefficient (Wildman–Crippen LogP) is 2.51. The molecule has 4 heteroatoms. The molecule has 0 radical (unpaired) electrons. The summed E-state index contributed by atoms with van der Waals surface area (Å²) in [4.78, 5) is 1.97. The Bertz CT molecular complexity index is 675. The van der Waals surface area contributed by atoms with Crippen molar-refractivity contribution in [1.82, 2.24) is 0 Å². The summed E-state index contributed by atoms with van der Waals surface area (Å²) in [6, 6.07) is 14.3. The molecule has 0 unspecified atom stereocenters. The van der Waals surface area contributed by atoms with Gasteiger partial charge in [-0.1, -0.05) is 18.2 Å². The standard InChI is InChI=1S/C21H27N2O2/c1-2-3-13-22-14-5-4-6-20(22)10-7-19-8-11-21(12-9-19)23(15-17-24)16-18-25/h2,4-12,14,24-25H,1,3,13,15-18H2/q+1. The summed E-state index contributed by atoms with van der Waals surface area (Å²) in [5.41, 5.74) is 3.26. The molecule has 0 atom stereocenters. The van der Waals surface area contributed by atoms with Crippen molar-refractivity contribution in [1.29, 1.82) is 0 Å². The molecule has 0 amide bonds. The van der Waals surface area contributed by atoms with Crippen LogP contribution in [0.15, 0.2) is 61.3 Å². The molecule has 0 spiro atoms. The summed E-state index contributed by atoms with van der Waals surface area (Å²) >= 11 is 0. The first-order valence-corrected chi connectivity index (χ1v) is 8.62. The van der Waals surface area contributed by atoms with Crippen LogP contribution >= 0.6 is 0 Å². The number of rotatable bonds is 10. The lowest BCUT2D eigenvalue weighted by Gasteiger charge is -2.22. The fourth-order valence-corrected chi connectivity index (χ4v) is 2.66. The lowest BCUT2D eigenvalue weighted by atomic mass is 10.1. The molecule has 0 saturated heterocycles. The van der Waals surface area contributed by atoms with E-state index in [1.807, 2.05) is 47.4 Å². The van der Waals surface area contributed by atoms with Crippen LogP contribution in [0.25, 0.3) is 12.2 Å². The first-order valence-electron chi connectivity index (χ1n) is 8.62. The molecule has 0 fully saturated rings. The number of aromatic nitrogens is 1. The molecular formula is C21H27N2O2+. The van der Waals surface area contributed by atoms with Gasteiger partial charge in [-0.25, -0.2) is 0 Å². The second-order valence-corrected chi connectivity index (χ2v) is 5.76. The van der Waals surface area contributed by atoms with E-state index < -0.39 is 0 Å². The smallest absolute Gasteiger partial charge is 0.205 e. The molecule has 0 bridgehead atoms. The van der Waals surface area contributed by atoms with E-state index in [2.05, 4.69) is 35.6 Å². The number of aliphatic hydroxyl groups is 2. The second kappa shape index (κ2) is 10.4. The van der Waals surface area contributed by atoms with Gasteiger partial charge in [-0.15, -0.1) is 6.58 Å². The van der Waals surface area contributed by atoms with Crippen molar-refractivity contribution in [2.45, 2.75) is 13.0 Å². The number of aryl methyl sites for hydroxylation is 1. The minimum Gasteiger partial charge on any atom is -0.395 e. The molecule has 1 aromatic heterocycles.